The van der Waals surface area contributed by atoms with Gasteiger partial charge in [-0.1, -0.05) is 18.2 Å². The summed E-state index contributed by atoms with van der Waals surface area (Å²) in [6, 6.07) is 14.8. The van der Waals surface area contributed by atoms with Crippen molar-refractivity contribution < 1.29 is 14.6 Å². The SMILES string of the molecule is COC(=O)c1cc(-c2nccc3c2[nH]c2ccccc23)ccc1O. The molecule has 0 aliphatic carbocycles. The van der Waals surface area contributed by atoms with Gasteiger partial charge in [0, 0.05) is 28.0 Å². The second kappa shape index (κ2) is 5.38. The monoisotopic (exact) mass is 318 g/mol. The van der Waals surface area contributed by atoms with Crippen molar-refractivity contribution in [3.8, 4) is 17.0 Å². The summed E-state index contributed by atoms with van der Waals surface area (Å²) in [6.07, 6.45) is 1.74. The number of para-hydroxylation sites is 1. The molecular formula is C19H14N2O3. The highest BCUT2D eigenvalue weighted by Gasteiger charge is 2.16. The van der Waals surface area contributed by atoms with Gasteiger partial charge in [-0.2, -0.15) is 0 Å². The molecule has 0 fully saturated rings. The number of esters is 1. The maximum atomic E-state index is 11.8. The molecule has 118 valence electrons. The minimum atomic E-state index is -0.585. The number of ether oxygens (including phenoxy) is 1. The number of benzene rings is 2. The maximum absolute atomic E-state index is 11.8. The highest BCUT2D eigenvalue weighted by atomic mass is 16.5. The van der Waals surface area contributed by atoms with Crippen LogP contribution in [0.1, 0.15) is 10.4 Å². The van der Waals surface area contributed by atoms with Crippen LogP contribution in [0.3, 0.4) is 0 Å². The van der Waals surface area contributed by atoms with Gasteiger partial charge in [0.1, 0.15) is 11.3 Å². The zero-order chi connectivity index (χ0) is 16.7. The topological polar surface area (TPSA) is 75.2 Å². The number of aromatic amines is 1. The molecule has 4 aromatic rings. The Morgan fingerprint density at radius 2 is 1.96 bits per heavy atom. The van der Waals surface area contributed by atoms with Crippen molar-refractivity contribution in [2.45, 2.75) is 0 Å². The molecule has 5 heteroatoms. The highest BCUT2D eigenvalue weighted by molar-refractivity contribution is 6.11. The van der Waals surface area contributed by atoms with Crippen LogP contribution in [-0.2, 0) is 4.74 Å². The lowest BCUT2D eigenvalue weighted by molar-refractivity contribution is 0.0597. The summed E-state index contributed by atoms with van der Waals surface area (Å²) in [5.74, 6) is -0.701. The van der Waals surface area contributed by atoms with Crippen molar-refractivity contribution in [1.29, 1.82) is 0 Å². The maximum Gasteiger partial charge on any atom is 0.341 e. The van der Waals surface area contributed by atoms with Crippen molar-refractivity contribution in [2.75, 3.05) is 7.11 Å². The molecule has 0 unspecified atom stereocenters. The van der Waals surface area contributed by atoms with Gasteiger partial charge in [0.15, 0.2) is 0 Å². The predicted octanol–water partition coefficient (Wildman–Crippen LogP) is 3.88. The Kier molecular flexibility index (Phi) is 3.20. The zero-order valence-corrected chi connectivity index (χ0v) is 12.9. The van der Waals surface area contributed by atoms with Gasteiger partial charge in [-0.25, -0.2) is 4.79 Å². The van der Waals surface area contributed by atoms with Gasteiger partial charge in [-0.05, 0) is 30.3 Å². The molecule has 0 aliphatic rings. The Labute approximate surface area is 137 Å². The van der Waals surface area contributed by atoms with Gasteiger partial charge in [0.2, 0.25) is 0 Å². The van der Waals surface area contributed by atoms with E-state index in [0.29, 0.717) is 5.69 Å². The molecule has 0 radical (unpaired) electrons. The normalized spacial score (nSPS) is 11.0. The van der Waals surface area contributed by atoms with E-state index in [1.54, 1.807) is 18.3 Å². The van der Waals surface area contributed by atoms with Crippen molar-refractivity contribution in [1.82, 2.24) is 9.97 Å². The third-order valence-corrected chi connectivity index (χ3v) is 4.10. The van der Waals surface area contributed by atoms with Crippen LogP contribution in [0, 0.1) is 0 Å². The lowest BCUT2D eigenvalue weighted by Gasteiger charge is -2.07. The van der Waals surface area contributed by atoms with E-state index in [2.05, 4.69) is 16.0 Å². The first-order valence-electron chi connectivity index (χ1n) is 7.46. The van der Waals surface area contributed by atoms with Gasteiger partial charge in [-0.3, -0.25) is 4.98 Å². The molecule has 0 atom stereocenters. The van der Waals surface area contributed by atoms with Crippen LogP contribution in [0.5, 0.6) is 5.75 Å². The first-order valence-corrected chi connectivity index (χ1v) is 7.46. The number of aromatic hydroxyl groups is 1. The van der Waals surface area contributed by atoms with E-state index >= 15 is 0 Å². The summed E-state index contributed by atoms with van der Waals surface area (Å²) in [4.78, 5) is 19.7. The summed E-state index contributed by atoms with van der Waals surface area (Å²) >= 11 is 0. The largest absolute Gasteiger partial charge is 0.507 e. The number of carbonyl (C=O) groups excluding carboxylic acids is 1. The average Bonchev–Trinajstić information content (AvgIpc) is 3.00. The number of fused-ring (bicyclic) bond motifs is 3. The highest BCUT2D eigenvalue weighted by Crippen LogP contribution is 2.33. The van der Waals surface area contributed by atoms with Crippen LogP contribution in [0.15, 0.2) is 54.7 Å². The summed E-state index contributed by atoms with van der Waals surface area (Å²) in [6.45, 7) is 0. The standard InChI is InChI=1S/C19H14N2O3/c1-24-19(23)14-10-11(6-7-16(14)22)17-18-13(8-9-20-17)12-4-2-3-5-15(12)21-18/h2-10,21-22H,1H3. The Hall–Kier alpha value is -3.34. The lowest BCUT2D eigenvalue weighted by atomic mass is 10.0. The van der Waals surface area contributed by atoms with Crippen molar-refractivity contribution in [2.24, 2.45) is 0 Å². The van der Waals surface area contributed by atoms with Gasteiger partial charge in [0.25, 0.3) is 0 Å². The van der Waals surface area contributed by atoms with Crippen LogP contribution in [-0.4, -0.2) is 28.2 Å². The molecule has 2 heterocycles. The third-order valence-electron chi connectivity index (χ3n) is 4.10. The fourth-order valence-electron chi connectivity index (χ4n) is 2.95. The van der Waals surface area contributed by atoms with E-state index in [-0.39, 0.29) is 11.3 Å². The Balaban J connectivity index is 1.98. The minimum absolute atomic E-state index is 0.116. The third kappa shape index (κ3) is 2.10. The molecule has 5 nitrogen and oxygen atoms in total. The molecule has 0 saturated heterocycles. The Morgan fingerprint density at radius 1 is 1.12 bits per heavy atom. The van der Waals surface area contributed by atoms with E-state index in [9.17, 15) is 9.90 Å². The van der Waals surface area contributed by atoms with Crippen molar-refractivity contribution >= 4 is 27.8 Å². The van der Waals surface area contributed by atoms with Crippen LogP contribution >= 0.6 is 0 Å². The molecule has 2 aromatic heterocycles. The van der Waals surface area contributed by atoms with E-state index in [1.807, 2.05) is 24.3 Å². The number of rotatable bonds is 2. The number of nitrogens with one attached hydrogen (secondary N) is 1. The number of phenols is 1. The molecule has 2 aromatic carbocycles. The number of nitrogens with zero attached hydrogens (tertiary/aromatic N) is 1. The van der Waals surface area contributed by atoms with Gasteiger partial charge in [0.05, 0.1) is 18.3 Å². The van der Waals surface area contributed by atoms with Gasteiger partial charge in [-0.15, -0.1) is 0 Å². The fraction of sp³-hybridized carbons (Fsp3) is 0.0526. The van der Waals surface area contributed by atoms with E-state index in [0.717, 1.165) is 27.4 Å². The van der Waals surface area contributed by atoms with Crippen molar-refractivity contribution in [3.63, 3.8) is 0 Å². The molecular weight excluding hydrogens is 304 g/mol. The van der Waals surface area contributed by atoms with Gasteiger partial charge < -0.3 is 14.8 Å². The average molecular weight is 318 g/mol. The number of hydrogen-bond acceptors (Lipinski definition) is 4. The Bertz CT molecular complexity index is 1080. The van der Waals surface area contributed by atoms with Crippen LogP contribution < -0.4 is 0 Å². The number of pyridine rings is 1. The molecule has 0 bridgehead atoms. The van der Waals surface area contributed by atoms with E-state index in [4.69, 9.17) is 4.74 Å². The quantitative estimate of drug-likeness (QED) is 0.550. The molecule has 4 rings (SSSR count). The molecule has 0 spiro atoms. The number of carbonyl (C=O) groups is 1. The first kappa shape index (κ1) is 14.3. The molecule has 2 N–H and O–H groups in total. The Morgan fingerprint density at radius 3 is 2.79 bits per heavy atom. The van der Waals surface area contributed by atoms with E-state index in [1.165, 1.54) is 13.2 Å². The van der Waals surface area contributed by atoms with Crippen molar-refractivity contribution in [3.05, 3.63) is 60.3 Å². The number of H-pyrrole nitrogens is 1. The number of phenolic OH excluding ortho intramolecular Hbond substituents is 1. The number of hydrogen-bond donors (Lipinski definition) is 2. The predicted molar refractivity (Wildman–Crippen MR) is 92.0 cm³/mol. The molecule has 24 heavy (non-hydrogen) atoms. The lowest BCUT2D eigenvalue weighted by Crippen LogP contribution is -2.02. The summed E-state index contributed by atoms with van der Waals surface area (Å²) in [7, 11) is 1.28. The summed E-state index contributed by atoms with van der Waals surface area (Å²) < 4.78 is 4.72. The number of methoxy groups -OCH3 is 1. The molecule has 0 aliphatic heterocycles. The smallest absolute Gasteiger partial charge is 0.341 e. The first-order chi connectivity index (χ1) is 11.7. The molecule has 0 saturated carbocycles. The fourth-order valence-corrected chi connectivity index (χ4v) is 2.95. The second-order valence-electron chi connectivity index (χ2n) is 5.48. The van der Waals surface area contributed by atoms with Crippen LogP contribution in [0.2, 0.25) is 0 Å². The van der Waals surface area contributed by atoms with E-state index < -0.39 is 5.97 Å². The minimum Gasteiger partial charge on any atom is -0.507 e. The zero-order valence-electron chi connectivity index (χ0n) is 12.9. The second-order valence-corrected chi connectivity index (χ2v) is 5.48. The van der Waals surface area contributed by atoms with Gasteiger partial charge >= 0.3 is 5.97 Å². The molecule has 0 amide bonds. The van der Waals surface area contributed by atoms with Crippen LogP contribution in [0.4, 0.5) is 0 Å². The summed E-state index contributed by atoms with van der Waals surface area (Å²) in [5, 5.41) is 12.1. The van der Waals surface area contributed by atoms with Crippen LogP contribution in [0.25, 0.3) is 33.1 Å². The number of aromatic nitrogens is 2. The summed E-state index contributed by atoms with van der Waals surface area (Å²) in [5.41, 5.74) is 3.47.